The maximum Gasteiger partial charge on any atom is 0.314 e. The zero-order chi connectivity index (χ0) is 14.2. The van der Waals surface area contributed by atoms with Gasteiger partial charge in [0, 0.05) is 5.56 Å². The summed E-state index contributed by atoms with van der Waals surface area (Å²) in [6.07, 6.45) is 7.74. The molecule has 0 atom stereocenters. The van der Waals surface area contributed by atoms with E-state index >= 15 is 0 Å². The lowest BCUT2D eigenvalue weighted by atomic mass is 9.46. The highest BCUT2D eigenvalue weighted by Crippen LogP contribution is 2.63. The summed E-state index contributed by atoms with van der Waals surface area (Å²) in [5.41, 5.74) is 0.396. The largest absolute Gasteiger partial charge is 0.496 e. The molecule has 108 valence electrons. The molecule has 0 bridgehead atoms. The highest BCUT2D eigenvalue weighted by molar-refractivity contribution is 5.84. The lowest BCUT2D eigenvalue weighted by Crippen LogP contribution is -2.55. The topological polar surface area (TPSA) is 46.5 Å². The van der Waals surface area contributed by atoms with E-state index in [4.69, 9.17) is 4.74 Å². The van der Waals surface area contributed by atoms with E-state index in [-0.39, 0.29) is 5.41 Å². The van der Waals surface area contributed by atoms with Gasteiger partial charge in [0.15, 0.2) is 0 Å². The Labute approximate surface area is 120 Å². The molecule has 0 aromatic heterocycles. The van der Waals surface area contributed by atoms with Crippen LogP contribution in [0.4, 0.5) is 0 Å². The maximum atomic E-state index is 11.9. The second kappa shape index (κ2) is 4.80. The second-order valence-electron chi connectivity index (χ2n) is 6.50. The summed E-state index contributed by atoms with van der Waals surface area (Å²) in [4.78, 5) is 11.9. The molecule has 3 nitrogen and oxygen atoms in total. The predicted octanol–water partition coefficient (Wildman–Crippen LogP) is 3.76. The molecule has 0 heterocycles. The van der Waals surface area contributed by atoms with E-state index in [1.165, 1.54) is 32.1 Å². The van der Waals surface area contributed by atoms with Gasteiger partial charge in [-0.25, -0.2) is 0 Å². The third-order valence-electron chi connectivity index (χ3n) is 5.30. The van der Waals surface area contributed by atoms with Crippen molar-refractivity contribution >= 4 is 5.97 Å². The van der Waals surface area contributed by atoms with Gasteiger partial charge in [0.25, 0.3) is 0 Å². The fourth-order valence-electron chi connectivity index (χ4n) is 4.38. The van der Waals surface area contributed by atoms with E-state index in [2.05, 4.69) is 0 Å². The van der Waals surface area contributed by atoms with Gasteiger partial charge >= 0.3 is 5.97 Å². The smallest absolute Gasteiger partial charge is 0.314 e. The van der Waals surface area contributed by atoms with Gasteiger partial charge in [0.2, 0.25) is 0 Å². The number of para-hydroxylation sites is 1. The van der Waals surface area contributed by atoms with Crippen LogP contribution in [0.5, 0.6) is 5.75 Å². The minimum absolute atomic E-state index is 0.275. The van der Waals surface area contributed by atoms with Crippen LogP contribution < -0.4 is 4.74 Å². The van der Waals surface area contributed by atoms with E-state index < -0.39 is 11.4 Å². The van der Waals surface area contributed by atoms with Gasteiger partial charge in [-0.1, -0.05) is 37.5 Å². The third kappa shape index (κ3) is 1.91. The molecule has 0 aliphatic heterocycles. The molecule has 0 unspecified atom stereocenters. The van der Waals surface area contributed by atoms with Crippen LogP contribution >= 0.6 is 0 Å². The average molecular weight is 274 g/mol. The van der Waals surface area contributed by atoms with Crippen LogP contribution in [0.3, 0.4) is 0 Å². The van der Waals surface area contributed by atoms with Crippen molar-refractivity contribution in [3.63, 3.8) is 0 Å². The molecule has 3 rings (SSSR count). The summed E-state index contributed by atoms with van der Waals surface area (Å²) in [6.45, 7) is 0. The van der Waals surface area contributed by atoms with Crippen molar-refractivity contribution in [3.8, 4) is 5.75 Å². The number of aliphatic carboxylic acids is 1. The Morgan fingerprint density at radius 2 is 1.80 bits per heavy atom. The Bertz CT molecular complexity index is 507. The summed E-state index contributed by atoms with van der Waals surface area (Å²) < 4.78 is 5.39. The molecule has 0 radical (unpaired) electrons. The summed E-state index contributed by atoms with van der Waals surface area (Å²) in [5.74, 6) is 0.0127. The molecule has 2 fully saturated rings. The molecule has 2 aliphatic rings. The Kier molecular flexibility index (Phi) is 3.23. The van der Waals surface area contributed by atoms with Gasteiger partial charge in [-0.15, -0.1) is 0 Å². The molecule has 1 aromatic carbocycles. The number of rotatable bonds is 3. The van der Waals surface area contributed by atoms with Crippen molar-refractivity contribution in [3.05, 3.63) is 29.8 Å². The first kappa shape index (κ1) is 13.5. The Hall–Kier alpha value is -1.51. The molecule has 1 aromatic rings. The Morgan fingerprint density at radius 1 is 1.15 bits per heavy atom. The molecule has 3 heteroatoms. The zero-order valence-electron chi connectivity index (χ0n) is 12.0. The fourth-order valence-corrected chi connectivity index (χ4v) is 4.38. The van der Waals surface area contributed by atoms with Gasteiger partial charge in [0.05, 0.1) is 12.5 Å². The van der Waals surface area contributed by atoms with Gasteiger partial charge in [-0.2, -0.15) is 0 Å². The third-order valence-corrected chi connectivity index (χ3v) is 5.30. The summed E-state index contributed by atoms with van der Waals surface area (Å²) in [6, 6.07) is 7.59. The van der Waals surface area contributed by atoms with Gasteiger partial charge < -0.3 is 9.84 Å². The quantitative estimate of drug-likeness (QED) is 0.912. The molecular weight excluding hydrogens is 252 g/mol. The Morgan fingerprint density at radius 3 is 2.40 bits per heavy atom. The molecule has 1 N–H and O–H groups in total. The second-order valence-corrected chi connectivity index (χ2v) is 6.50. The first-order valence-corrected chi connectivity index (χ1v) is 7.49. The van der Waals surface area contributed by atoms with Crippen molar-refractivity contribution in [1.29, 1.82) is 0 Å². The average Bonchev–Trinajstić information content (AvgIpc) is 2.45. The number of carboxylic acids is 1. The van der Waals surface area contributed by atoms with Crippen molar-refractivity contribution < 1.29 is 14.6 Å². The molecular formula is C17H22O3. The number of hydrogen-bond donors (Lipinski definition) is 1. The number of hydrogen-bond acceptors (Lipinski definition) is 2. The fraction of sp³-hybridized carbons (Fsp3) is 0.588. The highest BCUT2D eigenvalue weighted by Gasteiger charge is 2.60. The van der Waals surface area contributed by atoms with Crippen LogP contribution in [-0.4, -0.2) is 18.2 Å². The molecule has 0 amide bonds. The maximum absolute atomic E-state index is 11.9. The number of methoxy groups -OCH3 is 1. The minimum Gasteiger partial charge on any atom is -0.496 e. The van der Waals surface area contributed by atoms with Crippen molar-refractivity contribution in [2.45, 2.75) is 50.4 Å². The SMILES string of the molecule is COc1ccccc1C1(C(=O)O)CC2(CCCCC2)C1. The zero-order valence-corrected chi connectivity index (χ0v) is 12.0. The first-order valence-electron chi connectivity index (χ1n) is 7.49. The predicted molar refractivity (Wildman–Crippen MR) is 77.1 cm³/mol. The Balaban J connectivity index is 1.93. The van der Waals surface area contributed by atoms with Gasteiger partial charge in [-0.05, 0) is 37.2 Å². The van der Waals surface area contributed by atoms with Crippen LogP contribution in [0.25, 0.3) is 0 Å². The highest BCUT2D eigenvalue weighted by atomic mass is 16.5. The molecule has 20 heavy (non-hydrogen) atoms. The minimum atomic E-state index is -0.732. The summed E-state index contributed by atoms with van der Waals surface area (Å²) >= 11 is 0. The van der Waals surface area contributed by atoms with Crippen molar-refractivity contribution in [2.24, 2.45) is 5.41 Å². The van der Waals surface area contributed by atoms with E-state index in [9.17, 15) is 9.90 Å². The van der Waals surface area contributed by atoms with Crippen LogP contribution in [0.15, 0.2) is 24.3 Å². The van der Waals surface area contributed by atoms with Crippen molar-refractivity contribution in [1.82, 2.24) is 0 Å². The lowest BCUT2D eigenvalue weighted by molar-refractivity contribution is -0.156. The summed E-state index contributed by atoms with van der Waals surface area (Å²) in [7, 11) is 1.61. The monoisotopic (exact) mass is 274 g/mol. The number of carbonyl (C=O) groups is 1. The number of ether oxygens (including phenoxy) is 1. The van der Waals surface area contributed by atoms with E-state index in [0.717, 1.165) is 18.4 Å². The lowest BCUT2D eigenvalue weighted by Gasteiger charge is -2.56. The normalized spacial score (nSPS) is 23.1. The molecule has 1 spiro atoms. The molecule has 0 saturated heterocycles. The van der Waals surface area contributed by atoms with E-state index in [0.29, 0.717) is 5.75 Å². The van der Waals surface area contributed by atoms with Crippen LogP contribution in [0.2, 0.25) is 0 Å². The van der Waals surface area contributed by atoms with Crippen LogP contribution in [0, 0.1) is 5.41 Å². The van der Waals surface area contributed by atoms with Crippen molar-refractivity contribution in [2.75, 3.05) is 7.11 Å². The number of benzene rings is 1. The first-order chi connectivity index (χ1) is 9.62. The van der Waals surface area contributed by atoms with E-state index in [1.807, 2.05) is 24.3 Å². The molecule has 2 aliphatic carbocycles. The number of carboxylic acid groups (broad SMARTS) is 1. The molecule has 2 saturated carbocycles. The van der Waals surface area contributed by atoms with Crippen LogP contribution in [-0.2, 0) is 10.2 Å². The van der Waals surface area contributed by atoms with Crippen LogP contribution in [0.1, 0.15) is 50.5 Å². The van der Waals surface area contributed by atoms with E-state index in [1.54, 1.807) is 7.11 Å². The van der Waals surface area contributed by atoms with Gasteiger partial charge in [-0.3, -0.25) is 4.79 Å². The standard InChI is InChI=1S/C17H22O3/c1-20-14-8-4-3-7-13(14)17(15(18)19)11-16(12-17)9-5-2-6-10-16/h3-4,7-8H,2,5-6,9-12H2,1H3,(H,18,19). The van der Waals surface area contributed by atoms with Gasteiger partial charge in [0.1, 0.15) is 5.75 Å². The summed E-state index contributed by atoms with van der Waals surface area (Å²) in [5, 5.41) is 9.82.